The Bertz CT molecular complexity index is 891. The lowest BCUT2D eigenvalue weighted by Gasteiger charge is -2.44. The first-order chi connectivity index (χ1) is 12.8. The zero-order valence-corrected chi connectivity index (χ0v) is 15.4. The van der Waals surface area contributed by atoms with Crippen LogP contribution in [-0.2, 0) is 9.59 Å². The quantitative estimate of drug-likeness (QED) is 0.637. The molecule has 2 aromatic rings. The molecule has 0 radical (unpaired) electrons. The Hall–Kier alpha value is -2.53. The van der Waals surface area contributed by atoms with Crippen molar-refractivity contribution in [2.45, 2.75) is 42.1 Å². The van der Waals surface area contributed by atoms with Crippen molar-refractivity contribution in [3.63, 3.8) is 0 Å². The summed E-state index contributed by atoms with van der Waals surface area (Å²) in [6, 6.07) is 3.54. The maximum atomic E-state index is 13.9. The third kappa shape index (κ3) is 2.77. The maximum absolute atomic E-state index is 13.9. The number of nitrogens with two attached hydrogens (primary N) is 1. The van der Waals surface area contributed by atoms with Gasteiger partial charge in [-0.25, -0.2) is 4.39 Å². The number of fused-ring (bicyclic) bond motifs is 1. The number of thioether (sulfide) groups is 1. The second-order valence-electron chi connectivity index (χ2n) is 7.02. The summed E-state index contributed by atoms with van der Waals surface area (Å²) in [4.78, 5) is 26.8. The van der Waals surface area contributed by atoms with Gasteiger partial charge in [-0.2, -0.15) is 5.21 Å². The Labute approximate surface area is 158 Å². The molecule has 4 rings (SSSR count). The van der Waals surface area contributed by atoms with Crippen molar-refractivity contribution in [2.24, 2.45) is 5.73 Å². The van der Waals surface area contributed by atoms with Crippen molar-refractivity contribution in [3.8, 4) is 0 Å². The van der Waals surface area contributed by atoms with Gasteiger partial charge in [-0.15, -0.1) is 22.0 Å². The number of carbonyl (C=O) groups is 2. The van der Waals surface area contributed by atoms with E-state index in [-0.39, 0.29) is 27.6 Å². The molecule has 2 saturated heterocycles. The third-order valence-electron chi connectivity index (χ3n) is 4.87. The summed E-state index contributed by atoms with van der Waals surface area (Å²) in [6.07, 6.45) is 0. The highest BCUT2D eigenvalue weighted by atomic mass is 32.2. The summed E-state index contributed by atoms with van der Waals surface area (Å²) in [7, 11) is 0. The average Bonchev–Trinajstić information content (AvgIpc) is 3.23. The first kappa shape index (κ1) is 17.9. The molecule has 11 heteroatoms. The highest BCUT2D eigenvalue weighted by molar-refractivity contribution is 8.01. The van der Waals surface area contributed by atoms with Gasteiger partial charge in [0.05, 0.1) is 0 Å². The number of tetrazole rings is 1. The second-order valence-corrected chi connectivity index (χ2v) is 8.79. The Morgan fingerprint density at radius 3 is 2.85 bits per heavy atom. The van der Waals surface area contributed by atoms with Gasteiger partial charge < -0.3 is 16.0 Å². The van der Waals surface area contributed by atoms with Crippen molar-refractivity contribution in [3.05, 3.63) is 41.5 Å². The fourth-order valence-corrected chi connectivity index (χ4v) is 5.19. The van der Waals surface area contributed by atoms with E-state index in [0.29, 0.717) is 5.82 Å². The number of aromatic nitrogens is 4. The highest BCUT2D eigenvalue weighted by Crippen LogP contribution is 2.56. The fraction of sp³-hybridized carbons (Fsp3) is 0.438. The molecule has 0 saturated carbocycles. The zero-order valence-electron chi connectivity index (χ0n) is 14.6. The molecule has 27 heavy (non-hydrogen) atoms. The van der Waals surface area contributed by atoms with Crippen LogP contribution in [0.2, 0.25) is 0 Å². The van der Waals surface area contributed by atoms with Gasteiger partial charge in [0.1, 0.15) is 29.3 Å². The van der Waals surface area contributed by atoms with E-state index in [2.05, 4.69) is 25.9 Å². The molecule has 2 aliphatic heterocycles. The summed E-state index contributed by atoms with van der Waals surface area (Å²) in [5.74, 6) is -0.979. The van der Waals surface area contributed by atoms with Crippen LogP contribution in [0.15, 0.2) is 24.3 Å². The Morgan fingerprint density at radius 2 is 2.19 bits per heavy atom. The van der Waals surface area contributed by atoms with E-state index in [1.807, 2.05) is 13.8 Å². The molecule has 4 N–H and O–H groups in total. The van der Waals surface area contributed by atoms with Crippen LogP contribution in [0.5, 0.6) is 0 Å². The number of halogens is 1. The molecule has 2 unspecified atom stereocenters. The summed E-state index contributed by atoms with van der Waals surface area (Å²) in [6.45, 7) is 3.96. The Morgan fingerprint density at radius 1 is 1.44 bits per heavy atom. The maximum Gasteiger partial charge on any atom is 0.249 e. The Balaban J connectivity index is 1.50. The van der Waals surface area contributed by atoms with Crippen molar-refractivity contribution in [1.82, 2.24) is 30.8 Å². The van der Waals surface area contributed by atoms with Crippen LogP contribution in [-0.4, -0.2) is 53.5 Å². The largest absolute Gasteiger partial charge is 0.340 e. The van der Waals surface area contributed by atoms with Crippen molar-refractivity contribution >= 4 is 23.6 Å². The minimum Gasteiger partial charge on any atom is -0.340 e. The second kappa shape index (κ2) is 6.27. The molecule has 3 heterocycles. The molecule has 4 atom stereocenters. The molecular formula is C16H18FN7O2S. The van der Waals surface area contributed by atoms with Gasteiger partial charge in [-0.3, -0.25) is 9.59 Å². The van der Waals surface area contributed by atoms with Crippen molar-refractivity contribution in [2.75, 3.05) is 0 Å². The number of hydrogen-bond acceptors (Lipinski definition) is 7. The summed E-state index contributed by atoms with van der Waals surface area (Å²) in [5, 5.41) is 16.4. The number of amides is 2. The van der Waals surface area contributed by atoms with Crippen LogP contribution in [0.4, 0.5) is 4.39 Å². The van der Waals surface area contributed by atoms with E-state index >= 15 is 0 Å². The van der Waals surface area contributed by atoms with E-state index in [9.17, 15) is 14.0 Å². The molecule has 2 amide bonds. The van der Waals surface area contributed by atoms with Gasteiger partial charge in [0.25, 0.3) is 0 Å². The monoisotopic (exact) mass is 391 g/mol. The number of benzene rings is 1. The first-order valence-corrected chi connectivity index (χ1v) is 9.23. The van der Waals surface area contributed by atoms with Crippen LogP contribution >= 0.6 is 11.8 Å². The molecule has 9 nitrogen and oxygen atoms in total. The van der Waals surface area contributed by atoms with Gasteiger partial charge in [0.15, 0.2) is 5.82 Å². The number of carbonyl (C=O) groups excluding carboxylic acids is 2. The van der Waals surface area contributed by atoms with Crippen molar-refractivity contribution in [1.29, 1.82) is 0 Å². The SMILES string of the molecule is CC1(C)S[C@@H]2C(NC(=O)[C@H](N)c3ccccc3F)C(=O)N2C1c1nn[nH]n1. The number of rotatable bonds is 4. The Kier molecular flexibility index (Phi) is 4.15. The molecule has 0 bridgehead atoms. The number of hydrogen-bond donors (Lipinski definition) is 3. The van der Waals surface area contributed by atoms with Crippen LogP contribution in [0, 0.1) is 5.82 Å². The predicted octanol–water partition coefficient (Wildman–Crippen LogP) is 0.258. The van der Waals surface area contributed by atoms with E-state index in [1.165, 1.54) is 18.2 Å². The topological polar surface area (TPSA) is 130 Å². The van der Waals surface area contributed by atoms with E-state index in [0.717, 1.165) is 0 Å². The average molecular weight is 391 g/mol. The minimum atomic E-state index is -1.19. The van der Waals surface area contributed by atoms with Crippen LogP contribution in [0.3, 0.4) is 0 Å². The molecule has 2 fully saturated rings. The predicted molar refractivity (Wildman–Crippen MR) is 94.5 cm³/mol. The lowest BCUT2D eigenvalue weighted by atomic mass is 9.95. The molecule has 1 aromatic carbocycles. The number of nitrogens with zero attached hydrogens (tertiary/aromatic N) is 4. The number of nitrogens with one attached hydrogen (secondary N) is 2. The van der Waals surface area contributed by atoms with Crippen LogP contribution in [0.25, 0.3) is 0 Å². The van der Waals surface area contributed by atoms with Crippen LogP contribution < -0.4 is 11.1 Å². The van der Waals surface area contributed by atoms with E-state index in [1.54, 1.807) is 22.7 Å². The fourth-order valence-electron chi connectivity index (χ4n) is 3.56. The van der Waals surface area contributed by atoms with Gasteiger partial charge in [0, 0.05) is 10.3 Å². The minimum absolute atomic E-state index is 0.0858. The third-order valence-corrected chi connectivity index (χ3v) is 6.44. The molecule has 0 spiro atoms. The standard InChI is InChI=1S/C16H18FN7O2S/c1-16(2)11(12-20-22-23-21-12)24-14(26)10(15(24)27-16)19-13(25)9(18)7-5-3-4-6-8(7)17/h3-6,9-11,15H,18H2,1-2H3,(H,19,25)(H,20,21,22,23)/t9-,10?,11?,15-/m1/s1. The van der Waals surface area contributed by atoms with Gasteiger partial charge in [-0.1, -0.05) is 23.4 Å². The lowest BCUT2D eigenvalue weighted by molar-refractivity contribution is -0.152. The zero-order chi connectivity index (χ0) is 19.3. The number of β-lactam (4-membered cyclic amide) rings is 1. The lowest BCUT2D eigenvalue weighted by Crippen LogP contribution is -2.68. The smallest absolute Gasteiger partial charge is 0.249 e. The van der Waals surface area contributed by atoms with Gasteiger partial charge in [-0.05, 0) is 19.9 Å². The summed E-state index contributed by atoms with van der Waals surface area (Å²) in [5.41, 5.74) is 5.98. The highest BCUT2D eigenvalue weighted by Gasteiger charge is 2.63. The van der Waals surface area contributed by atoms with E-state index < -0.39 is 23.8 Å². The molecule has 2 aliphatic rings. The summed E-state index contributed by atoms with van der Waals surface area (Å²) < 4.78 is 13.5. The van der Waals surface area contributed by atoms with Gasteiger partial charge >= 0.3 is 0 Å². The van der Waals surface area contributed by atoms with Gasteiger partial charge in [0.2, 0.25) is 11.8 Å². The summed E-state index contributed by atoms with van der Waals surface area (Å²) >= 11 is 1.54. The van der Waals surface area contributed by atoms with Crippen LogP contribution in [0.1, 0.15) is 37.3 Å². The normalized spacial score (nSPS) is 27.0. The molecule has 142 valence electrons. The van der Waals surface area contributed by atoms with E-state index in [4.69, 9.17) is 5.73 Å². The molecule has 1 aromatic heterocycles. The number of aromatic amines is 1. The molecule has 0 aliphatic carbocycles. The molecular weight excluding hydrogens is 373 g/mol. The first-order valence-electron chi connectivity index (χ1n) is 8.35. The number of H-pyrrole nitrogens is 1. The van der Waals surface area contributed by atoms with Crippen molar-refractivity contribution < 1.29 is 14.0 Å².